The lowest BCUT2D eigenvalue weighted by Crippen LogP contribution is -2.44. The zero-order valence-corrected chi connectivity index (χ0v) is 14.3. The number of halogens is 3. The Hall–Kier alpha value is -3.23. The van der Waals surface area contributed by atoms with Gasteiger partial charge < -0.3 is 10.0 Å². The highest BCUT2D eigenvalue weighted by Crippen LogP contribution is 2.49. The van der Waals surface area contributed by atoms with E-state index in [9.17, 15) is 27.9 Å². The van der Waals surface area contributed by atoms with Crippen molar-refractivity contribution in [3.63, 3.8) is 0 Å². The molecule has 0 saturated carbocycles. The van der Waals surface area contributed by atoms with Crippen LogP contribution in [0.25, 0.3) is 16.5 Å². The second-order valence-electron chi connectivity index (χ2n) is 7.06. The molecule has 144 valence electrons. The van der Waals surface area contributed by atoms with Gasteiger partial charge in [0.1, 0.15) is 5.69 Å². The predicted octanol–water partition coefficient (Wildman–Crippen LogP) is 2.89. The minimum atomic E-state index is -5.00. The number of amides is 1. The Morgan fingerprint density at radius 2 is 1.82 bits per heavy atom. The number of aromatic hydroxyl groups is 1. The normalized spacial score (nSPS) is 20.8. The van der Waals surface area contributed by atoms with Crippen LogP contribution < -0.4 is 5.69 Å². The Balaban J connectivity index is 1.69. The standard InChI is InChI=1S/C19H14F3N3O3/c20-19(21,22)17(27)23-9-11-8-14(23)15-16(26)25(18(28)24(11)15)13-7-3-5-10-4-1-2-6-12(10)13/h1-7,11,14,26H,8-9H2. The van der Waals surface area contributed by atoms with Crippen molar-refractivity contribution in [1.29, 1.82) is 0 Å². The number of aromatic nitrogens is 2. The van der Waals surface area contributed by atoms with Gasteiger partial charge in [0.2, 0.25) is 5.88 Å². The van der Waals surface area contributed by atoms with Crippen molar-refractivity contribution >= 4 is 16.7 Å². The minimum Gasteiger partial charge on any atom is -0.493 e. The molecule has 1 saturated heterocycles. The maximum absolute atomic E-state index is 13.0. The first-order valence-electron chi connectivity index (χ1n) is 8.71. The van der Waals surface area contributed by atoms with E-state index >= 15 is 0 Å². The molecule has 5 rings (SSSR count). The van der Waals surface area contributed by atoms with Gasteiger partial charge in [-0.3, -0.25) is 9.36 Å². The fraction of sp³-hybridized carbons (Fsp3) is 0.263. The van der Waals surface area contributed by atoms with E-state index < -0.39 is 35.7 Å². The summed E-state index contributed by atoms with van der Waals surface area (Å²) < 4.78 is 41.1. The van der Waals surface area contributed by atoms with Crippen LogP contribution in [0.4, 0.5) is 13.2 Å². The molecule has 2 unspecified atom stereocenters. The Labute approximate surface area is 156 Å². The summed E-state index contributed by atoms with van der Waals surface area (Å²) >= 11 is 0. The Bertz CT molecular complexity index is 1190. The lowest BCUT2D eigenvalue weighted by molar-refractivity contribution is -0.187. The molecule has 9 heteroatoms. The van der Waals surface area contributed by atoms with E-state index in [-0.39, 0.29) is 18.7 Å². The van der Waals surface area contributed by atoms with Crippen molar-refractivity contribution in [2.75, 3.05) is 6.54 Å². The maximum Gasteiger partial charge on any atom is 0.471 e. The second-order valence-corrected chi connectivity index (χ2v) is 7.06. The molecule has 2 atom stereocenters. The Morgan fingerprint density at radius 3 is 2.57 bits per heavy atom. The fourth-order valence-electron chi connectivity index (χ4n) is 4.45. The average molecular weight is 389 g/mol. The zero-order valence-electron chi connectivity index (χ0n) is 14.3. The fourth-order valence-corrected chi connectivity index (χ4v) is 4.45. The highest BCUT2D eigenvalue weighted by Gasteiger charge is 2.54. The first-order chi connectivity index (χ1) is 13.3. The quantitative estimate of drug-likeness (QED) is 0.696. The molecular weight excluding hydrogens is 375 g/mol. The van der Waals surface area contributed by atoms with Gasteiger partial charge in [-0.1, -0.05) is 36.4 Å². The van der Waals surface area contributed by atoms with E-state index in [1.54, 1.807) is 24.3 Å². The van der Waals surface area contributed by atoms with Crippen LogP contribution in [-0.2, 0) is 4.79 Å². The van der Waals surface area contributed by atoms with Crippen molar-refractivity contribution in [1.82, 2.24) is 14.0 Å². The van der Waals surface area contributed by atoms with Crippen molar-refractivity contribution < 1.29 is 23.1 Å². The van der Waals surface area contributed by atoms with Gasteiger partial charge in [-0.2, -0.15) is 13.2 Å². The molecule has 2 aromatic carbocycles. The molecule has 1 aromatic heterocycles. The molecule has 0 aliphatic carbocycles. The average Bonchev–Trinajstić information content (AvgIpc) is 3.31. The lowest BCUT2D eigenvalue weighted by Gasteiger charge is -2.28. The van der Waals surface area contributed by atoms with E-state index in [1.165, 1.54) is 4.57 Å². The number of imidazole rings is 1. The molecule has 1 fully saturated rings. The maximum atomic E-state index is 13.0. The third-order valence-corrected chi connectivity index (χ3v) is 5.57. The molecule has 3 aromatic rings. The molecule has 1 N–H and O–H groups in total. The van der Waals surface area contributed by atoms with Gasteiger partial charge in [-0.25, -0.2) is 9.36 Å². The van der Waals surface area contributed by atoms with E-state index in [0.717, 1.165) is 15.3 Å². The molecule has 6 nitrogen and oxygen atoms in total. The van der Waals surface area contributed by atoms with Crippen LogP contribution in [0.2, 0.25) is 0 Å². The van der Waals surface area contributed by atoms with Crippen LogP contribution in [0.15, 0.2) is 47.3 Å². The number of likely N-dealkylation sites (tertiary alicyclic amines) is 1. The van der Waals surface area contributed by atoms with Gasteiger partial charge >= 0.3 is 17.8 Å². The van der Waals surface area contributed by atoms with E-state index in [0.29, 0.717) is 10.6 Å². The summed E-state index contributed by atoms with van der Waals surface area (Å²) in [5, 5.41) is 12.4. The summed E-state index contributed by atoms with van der Waals surface area (Å²) in [5.74, 6) is -2.37. The van der Waals surface area contributed by atoms with Crippen LogP contribution in [0.5, 0.6) is 5.88 Å². The lowest BCUT2D eigenvalue weighted by atomic mass is 10.1. The van der Waals surface area contributed by atoms with Crippen molar-refractivity contribution in [3.05, 3.63) is 58.6 Å². The van der Waals surface area contributed by atoms with Crippen LogP contribution >= 0.6 is 0 Å². The van der Waals surface area contributed by atoms with E-state index in [4.69, 9.17) is 0 Å². The van der Waals surface area contributed by atoms with Gasteiger partial charge in [-0.15, -0.1) is 0 Å². The molecule has 28 heavy (non-hydrogen) atoms. The largest absolute Gasteiger partial charge is 0.493 e. The third kappa shape index (κ3) is 2.10. The van der Waals surface area contributed by atoms with Crippen molar-refractivity contribution in [2.24, 2.45) is 0 Å². The highest BCUT2D eigenvalue weighted by atomic mass is 19.4. The summed E-state index contributed by atoms with van der Waals surface area (Å²) in [6.07, 6.45) is -4.81. The van der Waals surface area contributed by atoms with Gasteiger partial charge in [-0.05, 0) is 17.9 Å². The van der Waals surface area contributed by atoms with Crippen molar-refractivity contribution in [3.8, 4) is 11.6 Å². The number of benzene rings is 2. The number of rotatable bonds is 1. The summed E-state index contributed by atoms with van der Waals surface area (Å²) in [6, 6.07) is 11.0. The van der Waals surface area contributed by atoms with Gasteiger partial charge in [0.25, 0.3) is 0 Å². The molecular formula is C19H14F3N3O3. The summed E-state index contributed by atoms with van der Waals surface area (Å²) in [4.78, 5) is 25.5. The monoisotopic (exact) mass is 389 g/mol. The van der Waals surface area contributed by atoms with E-state index in [1.807, 2.05) is 18.2 Å². The van der Waals surface area contributed by atoms with Crippen LogP contribution in [0, 0.1) is 0 Å². The molecule has 2 aliphatic rings. The molecule has 2 bridgehead atoms. The topological polar surface area (TPSA) is 67.5 Å². The van der Waals surface area contributed by atoms with Crippen molar-refractivity contribution in [2.45, 2.75) is 24.7 Å². The summed E-state index contributed by atoms with van der Waals surface area (Å²) in [7, 11) is 0. The predicted molar refractivity (Wildman–Crippen MR) is 93.4 cm³/mol. The molecule has 3 heterocycles. The molecule has 0 radical (unpaired) electrons. The molecule has 0 spiro atoms. The number of hydrogen-bond acceptors (Lipinski definition) is 3. The van der Waals surface area contributed by atoms with Crippen LogP contribution in [0.3, 0.4) is 0 Å². The van der Waals surface area contributed by atoms with Crippen LogP contribution in [0.1, 0.15) is 24.2 Å². The van der Waals surface area contributed by atoms with E-state index in [2.05, 4.69) is 0 Å². The first-order valence-corrected chi connectivity index (χ1v) is 8.71. The minimum absolute atomic E-state index is 0.0618. The highest BCUT2D eigenvalue weighted by molar-refractivity contribution is 5.90. The number of fused-ring (bicyclic) bond motifs is 6. The smallest absolute Gasteiger partial charge is 0.471 e. The third-order valence-electron chi connectivity index (χ3n) is 5.57. The second kappa shape index (κ2) is 5.40. The van der Waals surface area contributed by atoms with Crippen LogP contribution in [-0.4, -0.2) is 37.8 Å². The number of nitrogens with zero attached hydrogens (tertiary/aromatic N) is 3. The van der Waals surface area contributed by atoms with Gasteiger partial charge in [0.15, 0.2) is 0 Å². The SMILES string of the molecule is O=C(N1CC2CC1c1c(O)n(-c3cccc4ccccc34)c(=O)n12)C(F)(F)F. The number of hydrogen-bond donors (Lipinski definition) is 1. The Morgan fingerprint density at radius 1 is 1.11 bits per heavy atom. The van der Waals surface area contributed by atoms with Gasteiger partial charge in [0.05, 0.1) is 17.8 Å². The number of carbonyl (C=O) groups is 1. The number of alkyl halides is 3. The molecule has 2 aliphatic heterocycles. The summed E-state index contributed by atoms with van der Waals surface area (Å²) in [5.41, 5.74) is -0.0159. The first kappa shape index (κ1) is 16.9. The molecule has 1 amide bonds. The Kier molecular flexibility index (Phi) is 3.26. The van der Waals surface area contributed by atoms with Gasteiger partial charge in [0, 0.05) is 11.9 Å². The summed E-state index contributed by atoms with van der Waals surface area (Å²) in [6.45, 7) is -0.199. The number of carbonyl (C=O) groups excluding carboxylic acids is 1. The zero-order chi connectivity index (χ0) is 19.8.